The lowest BCUT2D eigenvalue weighted by Gasteiger charge is -2.11. The molecule has 0 aromatic heterocycles. The zero-order valence-corrected chi connectivity index (χ0v) is 8.08. The van der Waals surface area contributed by atoms with E-state index >= 15 is 0 Å². The summed E-state index contributed by atoms with van der Waals surface area (Å²) in [5, 5.41) is 11.0. The van der Waals surface area contributed by atoms with Crippen LogP contribution in [0.25, 0.3) is 0 Å². The van der Waals surface area contributed by atoms with Gasteiger partial charge in [-0.2, -0.15) is 0 Å². The van der Waals surface area contributed by atoms with Gasteiger partial charge in [0, 0.05) is 12.1 Å². The lowest BCUT2D eigenvalue weighted by atomic mass is 9.99. The molecule has 0 atom stereocenters. The second-order valence-corrected chi connectivity index (χ2v) is 3.37. The van der Waals surface area contributed by atoms with E-state index in [4.69, 9.17) is 5.11 Å². The monoisotopic (exact) mass is 197 g/mol. The third-order valence-corrected chi connectivity index (χ3v) is 2.21. The number of carboxylic acid groups (broad SMARTS) is 1. The summed E-state index contributed by atoms with van der Waals surface area (Å²) in [7, 11) is 0. The molecular formula is C10H15NO3. The van der Waals surface area contributed by atoms with Crippen LogP contribution in [0.1, 0.15) is 32.1 Å². The van der Waals surface area contributed by atoms with E-state index in [1.54, 1.807) is 0 Å². The molecule has 14 heavy (non-hydrogen) atoms. The van der Waals surface area contributed by atoms with Gasteiger partial charge in [-0.05, 0) is 25.7 Å². The molecule has 1 aliphatic carbocycles. The Morgan fingerprint density at radius 1 is 1.43 bits per heavy atom. The van der Waals surface area contributed by atoms with Crippen molar-refractivity contribution < 1.29 is 14.7 Å². The second-order valence-electron chi connectivity index (χ2n) is 3.37. The summed E-state index contributed by atoms with van der Waals surface area (Å²) in [5.41, 5.74) is 0.807. The van der Waals surface area contributed by atoms with E-state index in [0.29, 0.717) is 0 Å². The summed E-state index contributed by atoms with van der Waals surface area (Å²) < 4.78 is 0. The lowest BCUT2D eigenvalue weighted by molar-refractivity contribution is -0.136. The Hall–Kier alpha value is -1.32. The molecule has 4 heteroatoms. The number of amides is 1. The highest BCUT2D eigenvalue weighted by molar-refractivity contribution is 5.93. The number of hydrogen-bond acceptors (Lipinski definition) is 2. The quantitative estimate of drug-likeness (QED) is 0.708. The number of carbonyl (C=O) groups excluding carboxylic acids is 1. The molecule has 0 unspecified atom stereocenters. The van der Waals surface area contributed by atoms with Crippen LogP contribution >= 0.6 is 0 Å². The van der Waals surface area contributed by atoms with Crippen molar-refractivity contribution in [1.82, 2.24) is 5.32 Å². The van der Waals surface area contributed by atoms with Crippen LogP contribution in [0, 0.1) is 0 Å². The lowest BCUT2D eigenvalue weighted by Crippen LogP contribution is -2.27. The molecule has 0 aromatic carbocycles. The van der Waals surface area contributed by atoms with Crippen molar-refractivity contribution in [2.24, 2.45) is 0 Å². The number of allylic oxidation sites excluding steroid dienone is 1. The summed E-state index contributed by atoms with van der Waals surface area (Å²) in [6, 6.07) is 0. The molecule has 1 amide bonds. The van der Waals surface area contributed by atoms with Gasteiger partial charge in [-0.15, -0.1) is 0 Å². The predicted molar refractivity (Wildman–Crippen MR) is 51.8 cm³/mol. The minimum absolute atomic E-state index is 0.0149. The fourth-order valence-electron chi connectivity index (χ4n) is 1.44. The number of carboxylic acids is 1. The largest absolute Gasteiger partial charge is 0.481 e. The van der Waals surface area contributed by atoms with Crippen molar-refractivity contribution in [2.45, 2.75) is 32.1 Å². The van der Waals surface area contributed by atoms with Crippen molar-refractivity contribution in [3.63, 3.8) is 0 Å². The van der Waals surface area contributed by atoms with Crippen LogP contribution in [0.4, 0.5) is 0 Å². The average Bonchev–Trinajstić information content (AvgIpc) is 2.18. The number of nitrogens with one attached hydrogen (secondary N) is 1. The Labute approximate surface area is 83.0 Å². The van der Waals surface area contributed by atoms with Crippen molar-refractivity contribution >= 4 is 11.9 Å². The normalized spacial score (nSPS) is 15.9. The summed E-state index contributed by atoms with van der Waals surface area (Å²) in [4.78, 5) is 21.6. The van der Waals surface area contributed by atoms with Crippen molar-refractivity contribution in [3.05, 3.63) is 11.6 Å². The van der Waals surface area contributed by atoms with Gasteiger partial charge >= 0.3 is 5.97 Å². The van der Waals surface area contributed by atoms with Crippen LogP contribution in [0.2, 0.25) is 0 Å². The number of carbonyl (C=O) groups is 2. The molecule has 0 aromatic rings. The zero-order chi connectivity index (χ0) is 10.4. The van der Waals surface area contributed by atoms with Crippen molar-refractivity contribution in [1.29, 1.82) is 0 Å². The fraction of sp³-hybridized carbons (Fsp3) is 0.600. The predicted octanol–water partition coefficient (Wildman–Crippen LogP) is 1.08. The van der Waals surface area contributed by atoms with Crippen molar-refractivity contribution in [3.8, 4) is 0 Å². The third kappa shape index (κ3) is 3.60. The Bertz CT molecular complexity index is 258. The van der Waals surface area contributed by atoms with Gasteiger partial charge in [0.1, 0.15) is 0 Å². The first-order valence-corrected chi connectivity index (χ1v) is 4.89. The van der Waals surface area contributed by atoms with Gasteiger partial charge in [-0.3, -0.25) is 9.59 Å². The summed E-state index contributed by atoms with van der Waals surface area (Å²) in [6.45, 7) is 0.214. The van der Waals surface area contributed by atoms with E-state index in [1.165, 1.54) is 0 Å². The topological polar surface area (TPSA) is 66.4 Å². The van der Waals surface area contributed by atoms with Gasteiger partial charge in [-0.25, -0.2) is 0 Å². The summed E-state index contributed by atoms with van der Waals surface area (Å²) in [5.74, 6) is -0.992. The summed E-state index contributed by atoms with van der Waals surface area (Å²) in [6.07, 6.45) is 5.91. The Morgan fingerprint density at radius 3 is 2.79 bits per heavy atom. The van der Waals surface area contributed by atoms with Gasteiger partial charge in [0.15, 0.2) is 0 Å². The third-order valence-electron chi connectivity index (χ3n) is 2.21. The van der Waals surface area contributed by atoms with Crippen LogP contribution in [-0.4, -0.2) is 23.5 Å². The first-order chi connectivity index (χ1) is 6.70. The minimum Gasteiger partial charge on any atom is -0.481 e. The molecule has 0 heterocycles. The zero-order valence-electron chi connectivity index (χ0n) is 8.08. The highest BCUT2D eigenvalue weighted by Gasteiger charge is 2.11. The molecule has 1 aliphatic rings. The van der Waals surface area contributed by atoms with Crippen LogP contribution in [0.15, 0.2) is 11.6 Å². The van der Waals surface area contributed by atoms with Gasteiger partial charge in [0.05, 0.1) is 6.42 Å². The van der Waals surface area contributed by atoms with E-state index < -0.39 is 5.97 Å². The fourth-order valence-corrected chi connectivity index (χ4v) is 1.44. The standard InChI is InChI=1S/C10H15NO3/c12-9(13)6-7-11-10(14)8-4-2-1-3-5-8/h4H,1-3,5-7H2,(H,11,14)(H,12,13). The van der Waals surface area contributed by atoms with Crippen molar-refractivity contribution in [2.75, 3.05) is 6.54 Å². The number of hydrogen-bond donors (Lipinski definition) is 2. The van der Waals surface area contributed by atoms with E-state index in [1.807, 2.05) is 6.08 Å². The highest BCUT2D eigenvalue weighted by Crippen LogP contribution is 2.16. The van der Waals surface area contributed by atoms with E-state index in [9.17, 15) is 9.59 Å². The minimum atomic E-state index is -0.886. The molecule has 2 N–H and O–H groups in total. The number of aliphatic carboxylic acids is 1. The molecule has 0 fully saturated rings. The Kier molecular flexibility index (Phi) is 4.16. The van der Waals surface area contributed by atoms with Gasteiger partial charge in [0.2, 0.25) is 5.91 Å². The second kappa shape index (κ2) is 5.42. The van der Waals surface area contributed by atoms with E-state index in [0.717, 1.165) is 31.3 Å². The van der Waals surface area contributed by atoms with Gasteiger partial charge in [-0.1, -0.05) is 6.08 Å². The van der Waals surface area contributed by atoms with E-state index in [-0.39, 0.29) is 18.9 Å². The van der Waals surface area contributed by atoms with Crippen LogP contribution in [-0.2, 0) is 9.59 Å². The first kappa shape index (κ1) is 10.8. The molecule has 0 saturated carbocycles. The molecule has 0 spiro atoms. The first-order valence-electron chi connectivity index (χ1n) is 4.89. The van der Waals surface area contributed by atoms with Crippen LogP contribution in [0.5, 0.6) is 0 Å². The molecule has 0 aliphatic heterocycles. The summed E-state index contributed by atoms with van der Waals surface area (Å²) >= 11 is 0. The highest BCUT2D eigenvalue weighted by atomic mass is 16.4. The van der Waals surface area contributed by atoms with Crippen LogP contribution < -0.4 is 5.32 Å². The molecule has 0 radical (unpaired) electrons. The van der Waals surface area contributed by atoms with Gasteiger partial charge in [0.25, 0.3) is 0 Å². The Balaban J connectivity index is 2.27. The smallest absolute Gasteiger partial charge is 0.305 e. The Morgan fingerprint density at radius 2 is 2.21 bits per heavy atom. The van der Waals surface area contributed by atoms with E-state index in [2.05, 4.69) is 5.32 Å². The molecule has 78 valence electrons. The SMILES string of the molecule is O=C(O)CCNC(=O)C1=CCCCC1. The van der Waals surface area contributed by atoms with Crippen LogP contribution in [0.3, 0.4) is 0 Å². The maximum atomic E-state index is 11.4. The molecular weight excluding hydrogens is 182 g/mol. The molecule has 0 saturated heterocycles. The van der Waals surface area contributed by atoms with Gasteiger partial charge < -0.3 is 10.4 Å². The average molecular weight is 197 g/mol. The molecule has 1 rings (SSSR count). The number of rotatable bonds is 4. The molecule has 0 bridgehead atoms. The maximum Gasteiger partial charge on any atom is 0.305 e. The molecule has 4 nitrogen and oxygen atoms in total. The maximum absolute atomic E-state index is 11.4.